The van der Waals surface area contributed by atoms with Gasteiger partial charge in [0.1, 0.15) is 5.82 Å². The highest BCUT2D eigenvalue weighted by molar-refractivity contribution is 6.07. The Bertz CT molecular complexity index is 510. The van der Waals surface area contributed by atoms with Crippen molar-refractivity contribution >= 4 is 11.6 Å². The van der Waals surface area contributed by atoms with Crippen LogP contribution in [0.4, 0.5) is 10.1 Å². The maximum atomic E-state index is 13.4. The Morgan fingerprint density at radius 3 is 2.67 bits per heavy atom. The maximum absolute atomic E-state index is 13.4. The lowest BCUT2D eigenvalue weighted by atomic mass is 9.74. The Kier molecular flexibility index (Phi) is 2.43. The Morgan fingerprint density at radius 1 is 1.33 bits per heavy atom. The third-order valence-corrected chi connectivity index (χ3v) is 4.14. The summed E-state index contributed by atoms with van der Waals surface area (Å²) < 4.78 is 13.4. The van der Waals surface area contributed by atoms with E-state index in [1.165, 1.54) is 17.2 Å². The van der Waals surface area contributed by atoms with Crippen LogP contribution >= 0.6 is 0 Å². The number of hydrogen-bond acceptors (Lipinski definition) is 3. The van der Waals surface area contributed by atoms with E-state index in [0.29, 0.717) is 25.9 Å². The van der Waals surface area contributed by atoms with Crippen LogP contribution in [0.25, 0.3) is 0 Å². The van der Waals surface area contributed by atoms with Gasteiger partial charge in [-0.1, -0.05) is 0 Å². The number of likely N-dealkylation sites (N-methyl/N-ethyl adjacent to an activating group) is 1. The minimum absolute atomic E-state index is 0.0104. The fourth-order valence-corrected chi connectivity index (χ4v) is 3.09. The van der Waals surface area contributed by atoms with Crippen LogP contribution in [0.3, 0.4) is 0 Å². The van der Waals surface area contributed by atoms with Gasteiger partial charge in [0.25, 0.3) is 0 Å². The van der Waals surface area contributed by atoms with E-state index in [4.69, 9.17) is 0 Å². The molecule has 0 atom stereocenters. The topological polar surface area (TPSA) is 43.8 Å². The molecule has 2 aliphatic rings. The monoisotopic (exact) mass is 250 g/mol. The molecule has 1 aromatic carbocycles. The molecule has 96 valence electrons. The van der Waals surface area contributed by atoms with Crippen molar-refractivity contribution in [2.75, 3.05) is 25.0 Å². The van der Waals surface area contributed by atoms with Crippen LogP contribution in [0.15, 0.2) is 18.2 Å². The third-order valence-electron chi connectivity index (χ3n) is 4.14. The van der Waals surface area contributed by atoms with Gasteiger partial charge in [-0.15, -0.1) is 0 Å². The fraction of sp³-hybridized carbons (Fsp3) is 0.462. The van der Waals surface area contributed by atoms with Crippen molar-refractivity contribution in [2.45, 2.75) is 18.3 Å². The zero-order chi connectivity index (χ0) is 12.9. The number of hydroxylamine groups is 2. The summed E-state index contributed by atoms with van der Waals surface area (Å²) in [5, 5.41) is 10.7. The second-order valence-corrected chi connectivity index (χ2v) is 5.06. The first kappa shape index (κ1) is 11.6. The van der Waals surface area contributed by atoms with Gasteiger partial charge in [0, 0.05) is 25.8 Å². The van der Waals surface area contributed by atoms with Crippen LogP contribution in [0, 0.1) is 5.82 Å². The zero-order valence-corrected chi connectivity index (χ0v) is 10.2. The summed E-state index contributed by atoms with van der Waals surface area (Å²) in [6.45, 7) is 0.880. The van der Waals surface area contributed by atoms with E-state index in [1.807, 2.05) is 0 Å². The van der Waals surface area contributed by atoms with Crippen molar-refractivity contribution in [2.24, 2.45) is 0 Å². The second-order valence-electron chi connectivity index (χ2n) is 5.06. The van der Waals surface area contributed by atoms with Gasteiger partial charge in [0.05, 0.1) is 5.41 Å². The summed E-state index contributed by atoms with van der Waals surface area (Å²) in [4.78, 5) is 14.1. The van der Waals surface area contributed by atoms with Crippen LogP contribution in [-0.4, -0.2) is 36.3 Å². The number of nitrogens with zero attached hydrogens (tertiary/aromatic N) is 2. The largest absolute Gasteiger partial charge is 0.314 e. The average Bonchev–Trinajstić information content (AvgIpc) is 2.56. The van der Waals surface area contributed by atoms with Gasteiger partial charge >= 0.3 is 0 Å². The minimum atomic E-state index is -0.647. The molecule has 18 heavy (non-hydrogen) atoms. The number of rotatable bonds is 0. The quantitative estimate of drug-likeness (QED) is 0.759. The summed E-state index contributed by atoms with van der Waals surface area (Å²) in [5.74, 6) is -0.307. The van der Waals surface area contributed by atoms with Crippen molar-refractivity contribution < 1.29 is 14.4 Å². The van der Waals surface area contributed by atoms with Gasteiger partial charge in [-0.2, -0.15) is 5.06 Å². The summed E-state index contributed by atoms with van der Waals surface area (Å²) in [5.41, 5.74) is 0.904. The molecule has 5 heteroatoms. The summed E-state index contributed by atoms with van der Waals surface area (Å²) in [6, 6.07) is 4.50. The van der Waals surface area contributed by atoms with Crippen LogP contribution < -0.4 is 4.90 Å². The standard InChI is InChI=1S/C13H15FN2O2/c1-15-11-3-2-9(14)8-10(11)13(12(15)17)4-6-16(18)7-5-13/h2-3,8,18H,4-7H2,1H3. The van der Waals surface area contributed by atoms with E-state index in [-0.39, 0.29) is 11.7 Å². The molecule has 1 spiro atoms. The predicted octanol–water partition coefficient (Wildman–Crippen LogP) is 1.52. The van der Waals surface area contributed by atoms with E-state index < -0.39 is 5.41 Å². The maximum Gasteiger partial charge on any atom is 0.237 e. The summed E-state index contributed by atoms with van der Waals surface area (Å²) in [6.07, 6.45) is 1.06. The van der Waals surface area contributed by atoms with Gasteiger partial charge < -0.3 is 10.1 Å². The SMILES string of the molecule is CN1C(=O)C2(CCN(O)CC2)c2cc(F)ccc21. The Labute approximate surface area is 105 Å². The van der Waals surface area contributed by atoms with E-state index in [1.54, 1.807) is 18.0 Å². The first-order valence-corrected chi connectivity index (χ1v) is 6.07. The molecule has 0 unspecified atom stereocenters. The molecular formula is C13H15FN2O2. The number of anilines is 1. The summed E-state index contributed by atoms with van der Waals surface area (Å²) in [7, 11) is 1.72. The molecule has 0 bridgehead atoms. The molecule has 1 saturated heterocycles. The Balaban J connectivity index is 2.11. The number of amides is 1. The molecule has 1 N–H and O–H groups in total. The molecule has 4 nitrogen and oxygen atoms in total. The summed E-state index contributed by atoms with van der Waals surface area (Å²) >= 11 is 0. The highest BCUT2D eigenvalue weighted by atomic mass is 19.1. The number of benzene rings is 1. The Morgan fingerprint density at radius 2 is 2.00 bits per heavy atom. The number of hydrogen-bond donors (Lipinski definition) is 1. The number of piperidine rings is 1. The Hall–Kier alpha value is -1.46. The van der Waals surface area contributed by atoms with Crippen molar-refractivity contribution in [3.8, 4) is 0 Å². The van der Waals surface area contributed by atoms with Crippen molar-refractivity contribution in [1.82, 2.24) is 5.06 Å². The minimum Gasteiger partial charge on any atom is -0.314 e. The molecule has 2 aliphatic heterocycles. The van der Waals surface area contributed by atoms with Gasteiger partial charge in [-0.3, -0.25) is 4.79 Å². The lowest BCUT2D eigenvalue weighted by molar-refractivity contribution is -0.136. The molecule has 1 aromatic rings. The van der Waals surface area contributed by atoms with Crippen molar-refractivity contribution in [3.63, 3.8) is 0 Å². The smallest absolute Gasteiger partial charge is 0.237 e. The normalized spacial score (nSPS) is 22.6. The first-order chi connectivity index (χ1) is 8.54. The van der Waals surface area contributed by atoms with Crippen LogP contribution in [0.5, 0.6) is 0 Å². The van der Waals surface area contributed by atoms with Crippen LogP contribution in [0.1, 0.15) is 18.4 Å². The first-order valence-electron chi connectivity index (χ1n) is 6.07. The molecule has 0 aliphatic carbocycles. The average molecular weight is 250 g/mol. The van der Waals surface area contributed by atoms with Crippen LogP contribution in [0.2, 0.25) is 0 Å². The van der Waals surface area contributed by atoms with Crippen molar-refractivity contribution in [3.05, 3.63) is 29.6 Å². The van der Waals surface area contributed by atoms with E-state index >= 15 is 0 Å². The van der Waals surface area contributed by atoms with E-state index in [9.17, 15) is 14.4 Å². The molecule has 3 rings (SSSR count). The van der Waals surface area contributed by atoms with E-state index in [0.717, 1.165) is 11.3 Å². The number of fused-ring (bicyclic) bond motifs is 2. The lowest BCUT2D eigenvalue weighted by Crippen LogP contribution is -2.47. The molecule has 0 radical (unpaired) electrons. The molecule has 2 heterocycles. The van der Waals surface area contributed by atoms with Crippen LogP contribution in [-0.2, 0) is 10.2 Å². The number of halogens is 1. The van der Waals surface area contributed by atoms with Gasteiger partial charge in [0.2, 0.25) is 5.91 Å². The highest BCUT2D eigenvalue weighted by Crippen LogP contribution is 2.47. The fourth-order valence-electron chi connectivity index (χ4n) is 3.09. The van der Waals surface area contributed by atoms with E-state index in [2.05, 4.69) is 0 Å². The zero-order valence-electron chi connectivity index (χ0n) is 10.2. The van der Waals surface area contributed by atoms with Gasteiger partial charge in [-0.05, 0) is 36.6 Å². The van der Waals surface area contributed by atoms with Gasteiger partial charge in [-0.25, -0.2) is 4.39 Å². The number of carbonyl (C=O) groups is 1. The highest BCUT2D eigenvalue weighted by Gasteiger charge is 2.51. The van der Waals surface area contributed by atoms with Crippen molar-refractivity contribution in [1.29, 1.82) is 0 Å². The number of carbonyl (C=O) groups excluding carboxylic acids is 1. The lowest BCUT2D eigenvalue weighted by Gasteiger charge is -2.35. The third kappa shape index (κ3) is 1.41. The van der Waals surface area contributed by atoms with Gasteiger partial charge in [0.15, 0.2) is 0 Å². The molecule has 1 fully saturated rings. The molecule has 1 amide bonds. The molecule has 0 aromatic heterocycles. The second kappa shape index (κ2) is 3.76. The molecular weight excluding hydrogens is 235 g/mol. The molecule has 0 saturated carbocycles. The predicted molar refractivity (Wildman–Crippen MR) is 64.1 cm³/mol.